The number of carbonyl (C=O) groups excluding carboxylic acids is 1. The van der Waals surface area contributed by atoms with E-state index in [9.17, 15) is 4.79 Å². The van der Waals surface area contributed by atoms with Crippen LogP contribution in [0.2, 0.25) is 0 Å². The number of benzene rings is 1. The van der Waals surface area contributed by atoms with E-state index in [1.54, 1.807) is 7.11 Å². The van der Waals surface area contributed by atoms with E-state index in [0.717, 1.165) is 24.5 Å². The van der Waals surface area contributed by atoms with E-state index in [0.29, 0.717) is 6.54 Å². The largest absolute Gasteiger partial charge is 0.497 e. The molecular weight excluding hydrogens is 266 g/mol. The molecule has 1 aromatic rings. The van der Waals surface area contributed by atoms with Gasteiger partial charge in [-0.3, -0.25) is 4.79 Å². The zero-order valence-corrected chi connectivity index (χ0v) is 12.7. The van der Waals surface area contributed by atoms with Crippen LogP contribution in [0.3, 0.4) is 0 Å². The standard InChI is InChI=1S/C16H25N3O2/c1-21-15-7-5-6-14(12-15)18-16(20)13-17-8-11-19-9-3-2-4-10-19/h5-7,12,17H,2-4,8-11,13H2,1H3,(H,18,20). The molecule has 2 N–H and O–H groups in total. The number of ether oxygens (including phenoxy) is 1. The molecule has 5 heteroatoms. The first-order chi connectivity index (χ1) is 10.3. The Labute approximate surface area is 126 Å². The summed E-state index contributed by atoms with van der Waals surface area (Å²) >= 11 is 0. The van der Waals surface area contributed by atoms with Crippen molar-refractivity contribution in [2.75, 3.05) is 45.2 Å². The number of anilines is 1. The Morgan fingerprint density at radius 1 is 1.29 bits per heavy atom. The lowest BCUT2D eigenvalue weighted by Gasteiger charge is -2.26. The second-order valence-corrected chi connectivity index (χ2v) is 5.36. The molecule has 116 valence electrons. The molecule has 0 atom stereocenters. The van der Waals surface area contributed by atoms with Crippen LogP contribution in [0.15, 0.2) is 24.3 Å². The van der Waals surface area contributed by atoms with Gasteiger partial charge in [-0.05, 0) is 38.1 Å². The van der Waals surface area contributed by atoms with Crippen molar-refractivity contribution in [3.05, 3.63) is 24.3 Å². The van der Waals surface area contributed by atoms with Gasteiger partial charge in [0.05, 0.1) is 13.7 Å². The van der Waals surface area contributed by atoms with E-state index >= 15 is 0 Å². The normalized spacial score (nSPS) is 15.7. The minimum absolute atomic E-state index is 0.0260. The van der Waals surface area contributed by atoms with Crippen LogP contribution < -0.4 is 15.4 Å². The third kappa shape index (κ3) is 5.73. The Balaban J connectivity index is 1.62. The van der Waals surface area contributed by atoms with E-state index in [-0.39, 0.29) is 5.91 Å². The highest BCUT2D eigenvalue weighted by atomic mass is 16.5. The molecule has 1 saturated heterocycles. The number of hydrogen-bond donors (Lipinski definition) is 2. The molecule has 0 bridgehead atoms. The molecule has 5 nitrogen and oxygen atoms in total. The molecule has 0 aromatic heterocycles. The van der Waals surface area contributed by atoms with E-state index in [1.807, 2.05) is 24.3 Å². The highest BCUT2D eigenvalue weighted by molar-refractivity contribution is 5.92. The SMILES string of the molecule is COc1cccc(NC(=O)CNCCN2CCCCC2)c1. The van der Waals surface area contributed by atoms with Crippen molar-refractivity contribution < 1.29 is 9.53 Å². The van der Waals surface area contributed by atoms with Crippen molar-refractivity contribution in [1.82, 2.24) is 10.2 Å². The molecule has 1 heterocycles. The minimum atomic E-state index is -0.0260. The van der Waals surface area contributed by atoms with Crippen molar-refractivity contribution >= 4 is 11.6 Å². The average molecular weight is 291 g/mol. The number of piperidine rings is 1. The second kappa shape index (κ2) is 8.64. The van der Waals surface area contributed by atoms with E-state index in [2.05, 4.69) is 15.5 Å². The van der Waals surface area contributed by atoms with Crippen molar-refractivity contribution in [1.29, 1.82) is 0 Å². The summed E-state index contributed by atoms with van der Waals surface area (Å²) in [5, 5.41) is 6.06. The Hall–Kier alpha value is -1.59. The molecule has 21 heavy (non-hydrogen) atoms. The molecule has 0 spiro atoms. The molecule has 1 aromatic carbocycles. The van der Waals surface area contributed by atoms with Crippen molar-refractivity contribution in [3.8, 4) is 5.75 Å². The fourth-order valence-corrected chi connectivity index (χ4v) is 2.53. The zero-order chi connectivity index (χ0) is 14.9. The van der Waals surface area contributed by atoms with Crippen LogP contribution >= 0.6 is 0 Å². The maximum atomic E-state index is 11.8. The van der Waals surface area contributed by atoms with Gasteiger partial charge in [-0.25, -0.2) is 0 Å². The van der Waals surface area contributed by atoms with Crippen LogP contribution in [0.4, 0.5) is 5.69 Å². The zero-order valence-electron chi connectivity index (χ0n) is 12.7. The van der Waals surface area contributed by atoms with Gasteiger partial charge in [0.1, 0.15) is 5.75 Å². The van der Waals surface area contributed by atoms with E-state index in [4.69, 9.17) is 4.74 Å². The second-order valence-electron chi connectivity index (χ2n) is 5.36. The van der Waals surface area contributed by atoms with Gasteiger partial charge < -0.3 is 20.3 Å². The van der Waals surface area contributed by atoms with Crippen molar-refractivity contribution in [3.63, 3.8) is 0 Å². The molecule has 0 unspecified atom stereocenters. The van der Waals surface area contributed by atoms with Gasteiger partial charge >= 0.3 is 0 Å². The summed E-state index contributed by atoms with van der Waals surface area (Å²) in [6.07, 6.45) is 3.96. The summed E-state index contributed by atoms with van der Waals surface area (Å²) in [6, 6.07) is 7.38. The van der Waals surface area contributed by atoms with Gasteiger partial charge in [-0.1, -0.05) is 12.5 Å². The highest BCUT2D eigenvalue weighted by Gasteiger charge is 2.09. The Morgan fingerprint density at radius 2 is 2.10 bits per heavy atom. The first-order valence-electron chi connectivity index (χ1n) is 7.65. The number of methoxy groups -OCH3 is 1. The van der Waals surface area contributed by atoms with Crippen LogP contribution in [0.1, 0.15) is 19.3 Å². The van der Waals surface area contributed by atoms with Crippen LogP contribution in [-0.4, -0.2) is 50.6 Å². The van der Waals surface area contributed by atoms with Crippen LogP contribution in [-0.2, 0) is 4.79 Å². The van der Waals surface area contributed by atoms with Crippen molar-refractivity contribution in [2.45, 2.75) is 19.3 Å². The predicted molar refractivity (Wildman–Crippen MR) is 84.8 cm³/mol. The topological polar surface area (TPSA) is 53.6 Å². The summed E-state index contributed by atoms with van der Waals surface area (Å²) in [6.45, 7) is 4.60. The monoisotopic (exact) mass is 291 g/mol. The third-order valence-corrected chi connectivity index (χ3v) is 3.69. The fraction of sp³-hybridized carbons (Fsp3) is 0.562. The predicted octanol–water partition coefficient (Wildman–Crippen LogP) is 1.71. The van der Waals surface area contributed by atoms with Gasteiger partial charge in [0.2, 0.25) is 5.91 Å². The van der Waals surface area contributed by atoms with Crippen LogP contribution in [0, 0.1) is 0 Å². The van der Waals surface area contributed by atoms with E-state index in [1.165, 1.54) is 32.4 Å². The molecule has 0 radical (unpaired) electrons. The minimum Gasteiger partial charge on any atom is -0.497 e. The molecule has 2 rings (SSSR count). The van der Waals surface area contributed by atoms with Gasteiger partial charge in [0.15, 0.2) is 0 Å². The first-order valence-corrected chi connectivity index (χ1v) is 7.65. The van der Waals surface area contributed by atoms with Crippen LogP contribution in [0.5, 0.6) is 5.75 Å². The van der Waals surface area contributed by atoms with Gasteiger partial charge in [0.25, 0.3) is 0 Å². The number of hydrogen-bond acceptors (Lipinski definition) is 4. The third-order valence-electron chi connectivity index (χ3n) is 3.69. The smallest absolute Gasteiger partial charge is 0.238 e. The van der Waals surface area contributed by atoms with E-state index < -0.39 is 0 Å². The van der Waals surface area contributed by atoms with Crippen molar-refractivity contribution in [2.24, 2.45) is 0 Å². The molecule has 1 amide bonds. The quantitative estimate of drug-likeness (QED) is 0.751. The molecular formula is C16H25N3O2. The summed E-state index contributed by atoms with van der Waals surface area (Å²) in [4.78, 5) is 14.3. The number of nitrogens with zero attached hydrogens (tertiary/aromatic N) is 1. The lowest BCUT2D eigenvalue weighted by atomic mass is 10.1. The Morgan fingerprint density at radius 3 is 2.86 bits per heavy atom. The van der Waals surface area contributed by atoms with Gasteiger partial charge in [-0.15, -0.1) is 0 Å². The summed E-state index contributed by atoms with van der Waals surface area (Å²) in [7, 11) is 1.61. The van der Waals surface area contributed by atoms with Gasteiger partial charge in [-0.2, -0.15) is 0 Å². The number of likely N-dealkylation sites (tertiary alicyclic amines) is 1. The average Bonchev–Trinajstić information content (AvgIpc) is 2.53. The fourth-order valence-electron chi connectivity index (χ4n) is 2.53. The molecule has 1 aliphatic heterocycles. The summed E-state index contributed by atoms with van der Waals surface area (Å²) in [5.41, 5.74) is 0.761. The Bertz CT molecular complexity index is 445. The highest BCUT2D eigenvalue weighted by Crippen LogP contribution is 2.16. The number of amides is 1. The molecule has 1 fully saturated rings. The number of nitrogens with one attached hydrogen (secondary N) is 2. The summed E-state index contributed by atoms with van der Waals surface area (Å²) < 4.78 is 5.13. The summed E-state index contributed by atoms with van der Waals surface area (Å²) in [5.74, 6) is 0.716. The van der Waals surface area contributed by atoms with Crippen LogP contribution in [0.25, 0.3) is 0 Å². The lowest BCUT2D eigenvalue weighted by Crippen LogP contribution is -2.38. The maximum absolute atomic E-state index is 11.8. The molecule has 0 saturated carbocycles. The first kappa shape index (κ1) is 15.8. The molecule has 1 aliphatic rings. The lowest BCUT2D eigenvalue weighted by molar-refractivity contribution is -0.115. The number of rotatable bonds is 7. The van der Waals surface area contributed by atoms with Gasteiger partial charge in [0, 0.05) is 24.8 Å². The number of carbonyl (C=O) groups is 1. The Kier molecular flexibility index (Phi) is 6.50. The molecule has 0 aliphatic carbocycles. The maximum Gasteiger partial charge on any atom is 0.238 e.